The lowest BCUT2D eigenvalue weighted by molar-refractivity contribution is -0.154. The number of carbonyl (C=O) groups excluding carboxylic acids is 1. The fourth-order valence-electron chi connectivity index (χ4n) is 1.70. The number of fused-ring (bicyclic) bond motifs is 1. The summed E-state index contributed by atoms with van der Waals surface area (Å²) in [6, 6.07) is 7.33. The van der Waals surface area contributed by atoms with Gasteiger partial charge in [-0.15, -0.1) is 0 Å². The van der Waals surface area contributed by atoms with Gasteiger partial charge in [-0.25, -0.2) is 4.79 Å². The van der Waals surface area contributed by atoms with Gasteiger partial charge in [-0.2, -0.15) is 0 Å². The van der Waals surface area contributed by atoms with Gasteiger partial charge in [-0.1, -0.05) is 18.2 Å². The molecule has 1 aromatic heterocycles. The topological polar surface area (TPSA) is 59.7 Å². The highest BCUT2D eigenvalue weighted by Crippen LogP contribution is 2.26. The summed E-state index contributed by atoms with van der Waals surface area (Å²) >= 11 is 0. The van der Waals surface area contributed by atoms with Crippen LogP contribution in [0, 0.1) is 6.92 Å². The first kappa shape index (κ1) is 11.7. The van der Waals surface area contributed by atoms with Crippen molar-refractivity contribution in [1.29, 1.82) is 0 Å². The number of benzene rings is 1. The molecule has 0 bridgehead atoms. The van der Waals surface area contributed by atoms with Crippen molar-refractivity contribution in [3.05, 3.63) is 35.6 Å². The molecule has 2 rings (SSSR count). The molecule has 0 aliphatic rings. The molecule has 0 fully saturated rings. The van der Waals surface area contributed by atoms with Gasteiger partial charge in [-0.05, 0) is 25.5 Å². The highest BCUT2D eigenvalue weighted by atomic mass is 16.5. The highest BCUT2D eigenvalue weighted by Gasteiger charge is 2.22. The van der Waals surface area contributed by atoms with Crippen molar-refractivity contribution in [1.82, 2.24) is 0 Å². The number of hydrogen-bond donors (Lipinski definition) is 1. The first-order chi connectivity index (χ1) is 8.13. The minimum absolute atomic E-state index is 0.216. The van der Waals surface area contributed by atoms with Crippen LogP contribution in [0.1, 0.15) is 24.4 Å². The van der Waals surface area contributed by atoms with Crippen LogP contribution in [0.3, 0.4) is 0 Å². The summed E-state index contributed by atoms with van der Waals surface area (Å²) in [7, 11) is 0. The van der Waals surface area contributed by atoms with Crippen molar-refractivity contribution in [2.75, 3.05) is 6.61 Å². The van der Waals surface area contributed by atoms with Crippen molar-refractivity contribution < 1.29 is 19.1 Å². The average molecular weight is 234 g/mol. The first-order valence-electron chi connectivity index (χ1n) is 5.47. The number of rotatable bonds is 3. The van der Waals surface area contributed by atoms with Gasteiger partial charge in [0.15, 0.2) is 0 Å². The second-order valence-corrected chi connectivity index (χ2v) is 3.80. The van der Waals surface area contributed by atoms with E-state index < -0.39 is 12.1 Å². The van der Waals surface area contributed by atoms with Crippen LogP contribution in [-0.2, 0) is 9.53 Å². The molecule has 0 aliphatic carbocycles. The number of furan rings is 1. The van der Waals surface area contributed by atoms with Crippen molar-refractivity contribution in [2.24, 2.45) is 0 Å². The lowest BCUT2D eigenvalue weighted by Gasteiger charge is -2.05. The number of aliphatic hydroxyl groups excluding tert-OH is 1. The molecule has 0 radical (unpaired) electrons. The van der Waals surface area contributed by atoms with E-state index in [-0.39, 0.29) is 12.4 Å². The molecule has 90 valence electrons. The second kappa shape index (κ2) is 4.59. The molecular weight excluding hydrogens is 220 g/mol. The molecule has 0 saturated carbocycles. The molecule has 4 nitrogen and oxygen atoms in total. The lowest BCUT2D eigenvalue weighted by Crippen LogP contribution is -2.14. The van der Waals surface area contributed by atoms with Gasteiger partial charge < -0.3 is 14.3 Å². The second-order valence-electron chi connectivity index (χ2n) is 3.80. The molecule has 1 heterocycles. The SMILES string of the molecule is CCOC(=O)C(O)c1cc2cccc(C)c2o1. The fraction of sp³-hybridized carbons (Fsp3) is 0.308. The minimum Gasteiger partial charge on any atom is -0.464 e. The molecule has 1 aromatic carbocycles. The molecule has 1 unspecified atom stereocenters. The Morgan fingerprint density at radius 3 is 2.94 bits per heavy atom. The van der Waals surface area contributed by atoms with E-state index in [0.29, 0.717) is 5.58 Å². The van der Waals surface area contributed by atoms with Crippen LogP contribution in [0.15, 0.2) is 28.7 Å². The van der Waals surface area contributed by atoms with Crippen LogP contribution in [-0.4, -0.2) is 17.7 Å². The monoisotopic (exact) mass is 234 g/mol. The predicted octanol–water partition coefficient (Wildman–Crippen LogP) is 2.34. The van der Waals surface area contributed by atoms with Crippen molar-refractivity contribution in [3.8, 4) is 0 Å². The quantitative estimate of drug-likeness (QED) is 0.828. The van der Waals surface area contributed by atoms with Crippen LogP contribution in [0.25, 0.3) is 11.0 Å². The third kappa shape index (κ3) is 2.17. The third-order valence-corrected chi connectivity index (χ3v) is 2.54. The van der Waals surface area contributed by atoms with Crippen molar-refractivity contribution >= 4 is 16.9 Å². The normalized spacial score (nSPS) is 12.6. The van der Waals surface area contributed by atoms with E-state index in [4.69, 9.17) is 9.15 Å². The van der Waals surface area contributed by atoms with E-state index in [2.05, 4.69) is 0 Å². The summed E-state index contributed by atoms with van der Waals surface area (Å²) in [6.07, 6.45) is -1.36. The molecule has 4 heteroatoms. The zero-order chi connectivity index (χ0) is 12.4. The number of para-hydroxylation sites is 1. The van der Waals surface area contributed by atoms with Gasteiger partial charge in [0, 0.05) is 5.39 Å². The van der Waals surface area contributed by atoms with Crippen LogP contribution in [0.2, 0.25) is 0 Å². The Labute approximate surface area is 98.8 Å². The van der Waals surface area contributed by atoms with Crippen LogP contribution >= 0.6 is 0 Å². The zero-order valence-corrected chi connectivity index (χ0v) is 9.77. The average Bonchev–Trinajstić information content (AvgIpc) is 2.73. The van der Waals surface area contributed by atoms with E-state index in [1.54, 1.807) is 13.0 Å². The Bertz CT molecular complexity index is 541. The Morgan fingerprint density at radius 2 is 2.29 bits per heavy atom. The Hall–Kier alpha value is -1.81. The van der Waals surface area contributed by atoms with Gasteiger partial charge >= 0.3 is 5.97 Å². The number of ether oxygens (including phenoxy) is 1. The number of hydrogen-bond acceptors (Lipinski definition) is 4. The molecular formula is C13H14O4. The van der Waals surface area contributed by atoms with Gasteiger partial charge in [0.05, 0.1) is 6.61 Å². The molecule has 17 heavy (non-hydrogen) atoms. The summed E-state index contributed by atoms with van der Waals surface area (Å²) in [5.74, 6) is -0.475. The van der Waals surface area contributed by atoms with E-state index in [1.807, 2.05) is 25.1 Å². The van der Waals surface area contributed by atoms with Crippen molar-refractivity contribution in [2.45, 2.75) is 20.0 Å². The maximum Gasteiger partial charge on any atom is 0.342 e. The summed E-state index contributed by atoms with van der Waals surface area (Å²) in [5, 5.41) is 10.6. The van der Waals surface area contributed by atoms with Gasteiger partial charge in [-0.3, -0.25) is 0 Å². The number of esters is 1. The molecule has 1 atom stereocenters. The Balaban J connectivity index is 2.36. The summed E-state index contributed by atoms with van der Waals surface area (Å²) < 4.78 is 10.2. The minimum atomic E-state index is -1.36. The largest absolute Gasteiger partial charge is 0.464 e. The van der Waals surface area contributed by atoms with Crippen LogP contribution < -0.4 is 0 Å². The molecule has 2 aromatic rings. The van der Waals surface area contributed by atoms with Crippen LogP contribution in [0.4, 0.5) is 0 Å². The number of aryl methyl sites for hydroxylation is 1. The molecule has 0 aliphatic heterocycles. The zero-order valence-electron chi connectivity index (χ0n) is 9.77. The Kier molecular flexibility index (Phi) is 3.15. The molecule has 0 spiro atoms. The summed E-state index contributed by atoms with van der Waals surface area (Å²) in [6.45, 7) is 3.83. The van der Waals surface area contributed by atoms with Gasteiger partial charge in [0.2, 0.25) is 6.10 Å². The van der Waals surface area contributed by atoms with E-state index >= 15 is 0 Å². The Morgan fingerprint density at radius 1 is 1.53 bits per heavy atom. The van der Waals surface area contributed by atoms with Crippen molar-refractivity contribution in [3.63, 3.8) is 0 Å². The lowest BCUT2D eigenvalue weighted by atomic mass is 10.1. The summed E-state index contributed by atoms with van der Waals surface area (Å²) in [5.41, 5.74) is 1.65. The number of aliphatic hydroxyl groups is 1. The van der Waals surface area contributed by atoms with E-state index in [0.717, 1.165) is 10.9 Å². The highest BCUT2D eigenvalue weighted by molar-refractivity contribution is 5.83. The molecule has 0 amide bonds. The first-order valence-corrected chi connectivity index (χ1v) is 5.47. The van der Waals surface area contributed by atoms with Crippen LogP contribution in [0.5, 0.6) is 0 Å². The predicted molar refractivity (Wildman–Crippen MR) is 62.5 cm³/mol. The fourth-order valence-corrected chi connectivity index (χ4v) is 1.70. The van der Waals surface area contributed by atoms with Gasteiger partial charge in [0.1, 0.15) is 11.3 Å². The van der Waals surface area contributed by atoms with E-state index in [9.17, 15) is 9.90 Å². The van der Waals surface area contributed by atoms with Gasteiger partial charge in [0.25, 0.3) is 0 Å². The third-order valence-electron chi connectivity index (χ3n) is 2.54. The number of carbonyl (C=O) groups is 1. The maximum atomic E-state index is 11.4. The maximum absolute atomic E-state index is 11.4. The molecule has 0 saturated heterocycles. The smallest absolute Gasteiger partial charge is 0.342 e. The molecule has 1 N–H and O–H groups in total. The standard InChI is InChI=1S/C13H14O4/c1-3-16-13(15)11(14)10-7-9-6-4-5-8(2)12(9)17-10/h4-7,11,14H,3H2,1-2H3. The summed E-state index contributed by atoms with van der Waals surface area (Å²) in [4.78, 5) is 11.4. The van der Waals surface area contributed by atoms with E-state index in [1.165, 1.54) is 0 Å².